The molecule has 0 spiro atoms. The first kappa shape index (κ1) is 22.2. The normalized spacial score (nSPS) is 10.4. The van der Waals surface area contributed by atoms with Gasteiger partial charge in [0.05, 0.1) is 16.5 Å². The minimum absolute atomic E-state index is 0.0664. The first-order valence-corrected chi connectivity index (χ1v) is 10.4. The third kappa shape index (κ3) is 5.25. The number of hydrogen-bond acceptors (Lipinski definition) is 8. The van der Waals surface area contributed by atoms with Crippen LogP contribution >= 0.6 is 0 Å². The second-order valence-corrected chi connectivity index (χ2v) is 7.16. The van der Waals surface area contributed by atoms with Gasteiger partial charge in [-0.1, -0.05) is 78.9 Å². The highest BCUT2D eigenvalue weighted by Crippen LogP contribution is 2.29. The molecule has 0 aliphatic rings. The zero-order chi connectivity index (χ0) is 23.8. The lowest BCUT2D eigenvalue weighted by molar-refractivity contribution is -0.383. The van der Waals surface area contributed by atoms with Gasteiger partial charge in [0.25, 0.3) is 0 Å². The van der Waals surface area contributed by atoms with Gasteiger partial charge in [-0.3, -0.25) is 36.6 Å². The van der Waals surface area contributed by atoms with E-state index in [-0.39, 0.29) is 11.6 Å². The molecule has 34 heavy (non-hydrogen) atoms. The molecule has 1 aromatic heterocycles. The Morgan fingerprint density at radius 2 is 1.24 bits per heavy atom. The van der Waals surface area contributed by atoms with Crippen LogP contribution in [-0.2, 0) is 4.79 Å². The number of carbonyl (C=O) groups is 1. The Hall–Kier alpha value is -4.99. The summed E-state index contributed by atoms with van der Waals surface area (Å²) in [5.74, 6) is -1.26. The summed E-state index contributed by atoms with van der Waals surface area (Å²) in [6.07, 6.45) is 1.16. The molecule has 0 saturated carbocycles. The molecule has 4 rings (SSSR count). The fourth-order valence-electron chi connectivity index (χ4n) is 3.37. The molecule has 0 aliphatic carbocycles. The van der Waals surface area contributed by atoms with Crippen molar-refractivity contribution >= 4 is 28.9 Å². The highest BCUT2D eigenvalue weighted by atomic mass is 16.6. The van der Waals surface area contributed by atoms with Gasteiger partial charge in [0.1, 0.15) is 6.33 Å². The van der Waals surface area contributed by atoms with E-state index in [1.54, 1.807) is 12.1 Å². The van der Waals surface area contributed by atoms with Crippen LogP contribution in [0.25, 0.3) is 0 Å². The summed E-state index contributed by atoms with van der Waals surface area (Å²) < 4.78 is 0. The van der Waals surface area contributed by atoms with Gasteiger partial charge in [0.2, 0.25) is 17.5 Å². The second-order valence-electron chi connectivity index (χ2n) is 7.16. The van der Waals surface area contributed by atoms with E-state index in [4.69, 9.17) is 0 Å². The number of rotatable bonds is 9. The van der Waals surface area contributed by atoms with Crippen molar-refractivity contribution in [2.75, 3.05) is 16.3 Å². The third-order valence-corrected chi connectivity index (χ3v) is 4.94. The topological polar surface area (TPSA) is 134 Å². The van der Waals surface area contributed by atoms with Crippen LogP contribution in [0.3, 0.4) is 0 Å². The summed E-state index contributed by atoms with van der Waals surface area (Å²) in [6.45, 7) is 0. The summed E-state index contributed by atoms with van der Waals surface area (Å²) in [7, 11) is 0. The third-order valence-electron chi connectivity index (χ3n) is 4.94. The monoisotopic (exact) mass is 455 g/mol. The van der Waals surface area contributed by atoms with Crippen LogP contribution in [0.15, 0.2) is 97.3 Å². The minimum Gasteiger partial charge on any atom is -0.299 e. The first-order valence-electron chi connectivity index (χ1n) is 10.4. The van der Waals surface area contributed by atoms with Gasteiger partial charge in [-0.15, -0.1) is 0 Å². The molecule has 10 heteroatoms. The Balaban J connectivity index is 1.55. The van der Waals surface area contributed by atoms with Crippen LogP contribution in [0.4, 0.5) is 23.0 Å². The van der Waals surface area contributed by atoms with Gasteiger partial charge in [-0.05, 0) is 23.3 Å². The second kappa shape index (κ2) is 10.6. The number of carbonyl (C=O) groups excluding carboxylic acids is 1. The van der Waals surface area contributed by atoms with Crippen LogP contribution in [0.1, 0.15) is 17.0 Å². The summed E-state index contributed by atoms with van der Waals surface area (Å²) in [6, 6.07) is 27.6. The molecular formula is C24H21N7O3. The van der Waals surface area contributed by atoms with Crippen LogP contribution < -0.4 is 21.7 Å². The molecule has 1 amide bonds. The summed E-state index contributed by atoms with van der Waals surface area (Å²) in [5.41, 5.74) is 12.5. The highest BCUT2D eigenvalue weighted by molar-refractivity contribution is 5.88. The molecule has 10 nitrogen and oxygen atoms in total. The summed E-state index contributed by atoms with van der Waals surface area (Å²) in [5, 5.41) is 11.8. The molecular weight excluding hydrogens is 434 g/mol. The lowest BCUT2D eigenvalue weighted by atomic mass is 9.91. The number of nitro groups is 1. The summed E-state index contributed by atoms with van der Waals surface area (Å²) >= 11 is 0. The number of benzene rings is 3. The molecule has 1 heterocycles. The SMILES string of the molecule is O=C(NNc1ncnc(NNc2ccccc2)c1[N+](=O)[O-])C(c1ccccc1)c1ccccc1. The molecule has 0 radical (unpaired) electrons. The van der Waals surface area contributed by atoms with E-state index in [1.165, 1.54) is 0 Å². The van der Waals surface area contributed by atoms with Crippen LogP contribution in [0.5, 0.6) is 0 Å². The predicted octanol–water partition coefficient (Wildman–Crippen LogP) is 4.10. The standard InChI is InChI=1S/C24H21N7O3/c32-24(20(17-10-4-1-5-11-17)18-12-6-2-7-13-18)30-29-23-21(31(33)34)22(25-16-26-23)28-27-19-14-8-3-9-15-19/h1-16,20,27H,(H,30,32)(H2,25,26,28,29). The molecule has 0 saturated heterocycles. The smallest absolute Gasteiger partial charge is 0.299 e. The molecule has 0 fully saturated rings. The maximum atomic E-state index is 13.2. The molecule has 170 valence electrons. The zero-order valence-corrected chi connectivity index (χ0v) is 17.9. The Labute approximate surface area is 195 Å². The maximum absolute atomic E-state index is 13.2. The van der Waals surface area contributed by atoms with Gasteiger partial charge < -0.3 is 0 Å². The number of para-hydroxylation sites is 1. The number of aromatic nitrogens is 2. The van der Waals surface area contributed by atoms with E-state index >= 15 is 0 Å². The number of anilines is 3. The van der Waals surface area contributed by atoms with Crippen LogP contribution in [-0.4, -0.2) is 20.8 Å². The van der Waals surface area contributed by atoms with Gasteiger partial charge in [0.15, 0.2) is 0 Å². The van der Waals surface area contributed by atoms with Crippen LogP contribution in [0, 0.1) is 10.1 Å². The first-order chi connectivity index (χ1) is 16.6. The molecule has 0 atom stereocenters. The molecule has 0 unspecified atom stereocenters. The minimum atomic E-state index is -0.631. The van der Waals surface area contributed by atoms with E-state index < -0.39 is 22.4 Å². The number of nitrogens with one attached hydrogen (secondary N) is 4. The van der Waals surface area contributed by atoms with Gasteiger partial charge in [0, 0.05) is 0 Å². The zero-order valence-electron chi connectivity index (χ0n) is 17.9. The van der Waals surface area contributed by atoms with Crippen molar-refractivity contribution in [1.82, 2.24) is 15.4 Å². The Kier molecular flexibility index (Phi) is 6.89. The Bertz CT molecular complexity index is 1220. The maximum Gasteiger partial charge on any atom is 0.356 e. The van der Waals surface area contributed by atoms with Gasteiger partial charge >= 0.3 is 5.69 Å². The van der Waals surface area contributed by atoms with Crippen molar-refractivity contribution < 1.29 is 9.72 Å². The Morgan fingerprint density at radius 3 is 1.76 bits per heavy atom. The van der Waals surface area contributed by atoms with Crippen LogP contribution in [0.2, 0.25) is 0 Å². The number of amides is 1. The van der Waals surface area contributed by atoms with Crippen molar-refractivity contribution in [2.45, 2.75) is 5.92 Å². The van der Waals surface area contributed by atoms with Crippen molar-refractivity contribution in [2.24, 2.45) is 0 Å². The van der Waals surface area contributed by atoms with Gasteiger partial charge in [-0.25, -0.2) is 9.97 Å². The lowest BCUT2D eigenvalue weighted by Crippen LogP contribution is -2.35. The number of hydrazine groups is 2. The van der Waals surface area contributed by atoms with E-state index in [1.807, 2.05) is 78.9 Å². The fourth-order valence-corrected chi connectivity index (χ4v) is 3.37. The number of hydrogen-bond donors (Lipinski definition) is 4. The average molecular weight is 455 g/mol. The molecule has 0 bridgehead atoms. The lowest BCUT2D eigenvalue weighted by Gasteiger charge is -2.18. The highest BCUT2D eigenvalue weighted by Gasteiger charge is 2.26. The van der Waals surface area contributed by atoms with Crippen molar-refractivity contribution in [3.05, 3.63) is 119 Å². The molecule has 3 aromatic carbocycles. The quantitative estimate of drug-likeness (QED) is 0.219. The number of nitrogens with zero attached hydrogens (tertiary/aromatic N) is 3. The van der Waals surface area contributed by atoms with Crippen molar-refractivity contribution in [3.8, 4) is 0 Å². The molecule has 0 aliphatic heterocycles. The largest absolute Gasteiger partial charge is 0.356 e. The fraction of sp³-hybridized carbons (Fsp3) is 0.0417. The van der Waals surface area contributed by atoms with Gasteiger partial charge in [-0.2, -0.15) is 0 Å². The summed E-state index contributed by atoms with van der Waals surface area (Å²) in [4.78, 5) is 32.2. The predicted molar refractivity (Wildman–Crippen MR) is 129 cm³/mol. The van der Waals surface area contributed by atoms with E-state index in [2.05, 4.69) is 31.7 Å². The molecule has 4 aromatic rings. The van der Waals surface area contributed by atoms with E-state index in [9.17, 15) is 14.9 Å². The average Bonchev–Trinajstić information content (AvgIpc) is 2.88. The van der Waals surface area contributed by atoms with Crippen molar-refractivity contribution in [1.29, 1.82) is 0 Å². The van der Waals surface area contributed by atoms with E-state index in [0.29, 0.717) is 5.69 Å². The van der Waals surface area contributed by atoms with Crippen molar-refractivity contribution in [3.63, 3.8) is 0 Å². The van der Waals surface area contributed by atoms with E-state index in [0.717, 1.165) is 17.5 Å². The Morgan fingerprint density at radius 1 is 0.735 bits per heavy atom. The molecule has 4 N–H and O–H groups in total.